The second-order valence-electron chi connectivity index (χ2n) is 4.44. The number of halogens is 1. The Hall–Kier alpha value is -1.18. The van der Waals surface area contributed by atoms with E-state index in [0.717, 1.165) is 0 Å². The molecule has 1 aromatic heterocycles. The Morgan fingerprint density at radius 3 is 2.89 bits per heavy atom. The molecule has 0 spiro atoms. The number of pyridine rings is 1. The minimum Gasteiger partial charge on any atom is -0.490 e. The molecule has 1 aliphatic heterocycles. The highest BCUT2D eigenvalue weighted by molar-refractivity contribution is 9.10. The highest BCUT2D eigenvalue weighted by Gasteiger charge is 2.39. The second kappa shape index (κ2) is 5.85. The molecule has 0 bridgehead atoms. The van der Waals surface area contributed by atoms with Gasteiger partial charge in [0, 0.05) is 6.20 Å². The molecule has 104 valence electrons. The van der Waals surface area contributed by atoms with Crippen molar-refractivity contribution in [3.05, 3.63) is 22.4 Å². The lowest BCUT2D eigenvalue weighted by molar-refractivity contribution is -0.153. The Kier molecular flexibility index (Phi) is 4.38. The summed E-state index contributed by atoms with van der Waals surface area (Å²) in [7, 11) is 1.30. The van der Waals surface area contributed by atoms with Gasteiger partial charge in [-0.05, 0) is 22.0 Å². The van der Waals surface area contributed by atoms with E-state index < -0.39 is 5.97 Å². The molecule has 1 aromatic rings. The third kappa shape index (κ3) is 3.05. The lowest BCUT2D eigenvalue weighted by Gasteiger charge is -2.39. The van der Waals surface area contributed by atoms with Crippen molar-refractivity contribution in [3.8, 4) is 5.75 Å². The molecule has 0 aliphatic carbocycles. The van der Waals surface area contributed by atoms with E-state index in [1.807, 2.05) is 0 Å². The fraction of sp³-hybridized carbons (Fsp3) is 0.500. The number of nitrogens with zero attached hydrogens (tertiary/aromatic N) is 1. The molecule has 0 atom stereocenters. The molecular weight excluding hydrogens is 318 g/mol. The average molecular weight is 332 g/mol. The molecule has 0 aromatic carbocycles. The number of aromatic nitrogens is 1. The summed E-state index contributed by atoms with van der Waals surface area (Å²) < 4.78 is 15.8. The third-order valence-corrected chi connectivity index (χ3v) is 3.51. The lowest BCUT2D eigenvalue weighted by Crippen LogP contribution is -2.49. The zero-order valence-corrected chi connectivity index (χ0v) is 12.0. The van der Waals surface area contributed by atoms with Crippen LogP contribution in [0.25, 0.3) is 0 Å². The number of methoxy groups -OCH3 is 1. The molecule has 1 saturated heterocycles. The van der Waals surface area contributed by atoms with Crippen LogP contribution in [0.1, 0.15) is 10.4 Å². The molecule has 2 rings (SSSR count). The topological polar surface area (TPSA) is 77.9 Å². The van der Waals surface area contributed by atoms with E-state index in [1.165, 1.54) is 13.3 Å². The van der Waals surface area contributed by atoms with Crippen molar-refractivity contribution in [1.29, 1.82) is 0 Å². The van der Waals surface area contributed by atoms with Crippen molar-refractivity contribution >= 4 is 21.9 Å². The van der Waals surface area contributed by atoms with Crippen LogP contribution in [0.4, 0.5) is 0 Å². The van der Waals surface area contributed by atoms with E-state index in [0.29, 0.717) is 35.7 Å². The van der Waals surface area contributed by atoms with Gasteiger partial charge in [-0.1, -0.05) is 0 Å². The number of esters is 1. The summed E-state index contributed by atoms with van der Waals surface area (Å²) >= 11 is 3.25. The number of carbonyl (C=O) groups excluding carboxylic acids is 1. The number of rotatable bonds is 5. The van der Waals surface area contributed by atoms with Crippen molar-refractivity contribution in [3.63, 3.8) is 0 Å². The summed E-state index contributed by atoms with van der Waals surface area (Å²) in [5.74, 6) is -0.0451. The van der Waals surface area contributed by atoms with E-state index in [9.17, 15) is 9.90 Å². The minimum atomic E-state index is -0.478. The maximum Gasteiger partial charge on any atom is 0.339 e. The van der Waals surface area contributed by atoms with Crippen LogP contribution < -0.4 is 4.74 Å². The lowest BCUT2D eigenvalue weighted by atomic mass is 9.88. The Bertz CT molecular complexity index is 470. The quantitative estimate of drug-likeness (QED) is 0.641. The van der Waals surface area contributed by atoms with Crippen molar-refractivity contribution < 1.29 is 24.1 Å². The molecule has 0 radical (unpaired) electrons. The molecule has 19 heavy (non-hydrogen) atoms. The van der Waals surface area contributed by atoms with Gasteiger partial charge in [0.2, 0.25) is 0 Å². The fourth-order valence-electron chi connectivity index (χ4n) is 1.60. The molecule has 0 saturated carbocycles. The van der Waals surface area contributed by atoms with Crippen LogP contribution in [0, 0.1) is 5.41 Å². The molecular formula is C12H14BrNO5. The number of hydrogen-bond acceptors (Lipinski definition) is 6. The zero-order chi connectivity index (χ0) is 13.9. The molecule has 0 amide bonds. The van der Waals surface area contributed by atoms with Crippen LogP contribution >= 0.6 is 15.9 Å². The van der Waals surface area contributed by atoms with Crippen molar-refractivity contribution in [1.82, 2.24) is 4.98 Å². The van der Waals surface area contributed by atoms with Gasteiger partial charge in [0.25, 0.3) is 0 Å². The van der Waals surface area contributed by atoms with Gasteiger partial charge in [-0.3, -0.25) is 0 Å². The molecule has 2 heterocycles. The standard InChI is InChI=1S/C12H14BrNO5/c1-17-11(16)8-2-9(10(13)14-3-8)19-7-12(4-15)5-18-6-12/h2-3,15H,4-7H2,1H3. The van der Waals surface area contributed by atoms with Gasteiger partial charge in [0.05, 0.1) is 37.9 Å². The molecule has 1 aliphatic rings. The van der Waals surface area contributed by atoms with E-state index in [1.54, 1.807) is 6.07 Å². The predicted octanol–water partition coefficient (Wildman–Crippen LogP) is 1.02. The highest BCUT2D eigenvalue weighted by atomic mass is 79.9. The average Bonchev–Trinajstić information content (AvgIpc) is 2.39. The normalized spacial score (nSPS) is 16.6. The van der Waals surface area contributed by atoms with Crippen LogP contribution in [0.3, 0.4) is 0 Å². The maximum atomic E-state index is 11.4. The summed E-state index contributed by atoms with van der Waals surface area (Å²) in [6, 6.07) is 1.55. The van der Waals surface area contributed by atoms with E-state index >= 15 is 0 Å². The fourth-order valence-corrected chi connectivity index (χ4v) is 1.93. The number of carbonyl (C=O) groups is 1. The van der Waals surface area contributed by atoms with E-state index in [2.05, 4.69) is 25.7 Å². The zero-order valence-electron chi connectivity index (χ0n) is 10.4. The largest absolute Gasteiger partial charge is 0.490 e. The van der Waals surface area contributed by atoms with Crippen LogP contribution in [0.15, 0.2) is 16.9 Å². The van der Waals surface area contributed by atoms with Gasteiger partial charge < -0.3 is 19.3 Å². The van der Waals surface area contributed by atoms with Crippen LogP contribution in [-0.2, 0) is 9.47 Å². The minimum absolute atomic E-state index is 0.00522. The molecule has 6 nitrogen and oxygen atoms in total. The summed E-state index contributed by atoms with van der Waals surface area (Å²) in [5, 5.41) is 9.30. The summed E-state index contributed by atoms with van der Waals surface area (Å²) in [5.41, 5.74) is -0.0515. The van der Waals surface area contributed by atoms with E-state index in [4.69, 9.17) is 9.47 Å². The predicted molar refractivity (Wildman–Crippen MR) is 69.1 cm³/mol. The van der Waals surface area contributed by atoms with Crippen molar-refractivity contribution in [2.75, 3.05) is 33.5 Å². The molecule has 1 N–H and O–H groups in total. The Morgan fingerprint density at radius 2 is 2.37 bits per heavy atom. The molecule has 1 fully saturated rings. The first-order chi connectivity index (χ1) is 9.10. The second-order valence-corrected chi connectivity index (χ2v) is 5.20. The van der Waals surface area contributed by atoms with Crippen molar-refractivity contribution in [2.45, 2.75) is 0 Å². The first-order valence-corrected chi connectivity index (χ1v) is 6.45. The van der Waals surface area contributed by atoms with Gasteiger partial charge in [-0.25, -0.2) is 9.78 Å². The Morgan fingerprint density at radius 1 is 1.63 bits per heavy atom. The van der Waals surface area contributed by atoms with Gasteiger partial charge in [-0.15, -0.1) is 0 Å². The number of ether oxygens (including phenoxy) is 3. The number of hydrogen-bond donors (Lipinski definition) is 1. The Balaban J connectivity index is 2.08. The SMILES string of the molecule is COC(=O)c1cnc(Br)c(OCC2(CO)COC2)c1. The molecule has 7 heteroatoms. The smallest absolute Gasteiger partial charge is 0.339 e. The highest BCUT2D eigenvalue weighted by Crippen LogP contribution is 2.30. The summed E-state index contributed by atoms with van der Waals surface area (Å²) in [6.45, 7) is 1.22. The van der Waals surface area contributed by atoms with Gasteiger partial charge in [0.15, 0.2) is 5.75 Å². The maximum absolute atomic E-state index is 11.4. The van der Waals surface area contributed by atoms with Gasteiger partial charge >= 0.3 is 5.97 Å². The monoisotopic (exact) mass is 331 g/mol. The van der Waals surface area contributed by atoms with Crippen LogP contribution in [0.5, 0.6) is 5.75 Å². The Labute approximate surface area is 118 Å². The first-order valence-electron chi connectivity index (χ1n) is 5.65. The number of aliphatic hydroxyl groups excluding tert-OH is 1. The van der Waals surface area contributed by atoms with Crippen molar-refractivity contribution in [2.24, 2.45) is 5.41 Å². The summed E-state index contributed by atoms with van der Waals surface area (Å²) in [4.78, 5) is 15.4. The number of aliphatic hydroxyl groups is 1. The molecule has 0 unspecified atom stereocenters. The van der Waals surface area contributed by atoms with Gasteiger partial charge in [0.1, 0.15) is 11.2 Å². The van der Waals surface area contributed by atoms with Crippen LogP contribution in [0.2, 0.25) is 0 Å². The first kappa shape index (κ1) is 14.2. The van der Waals surface area contributed by atoms with E-state index in [-0.39, 0.29) is 12.0 Å². The third-order valence-electron chi connectivity index (χ3n) is 2.91. The summed E-state index contributed by atoms with van der Waals surface area (Å²) in [6.07, 6.45) is 1.40. The van der Waals surface area contributed by atoms with Gasteiger partial charge in [-0.2, -0.15) is 0 Å². The van der Waals surface area contributed by atoms with Crippen LogP contribution in [-0.4, -0.2) is 49.6 Å².